The highest BCUT2D eigenvalue weighted by Crippen LogP contribution is 2.21. The fraction of sp³-hybridized carbons (Fsp3) is 0.292. The number of halogens is 1. The van der Waals surface area contributed by atoms with E-state index < -0.39 is 10.0 Å². The topological polar surface area (TPSA) is 80.1 Å². The molecular weight excluding hydrogens is 447 g/mol. The smallest absolute Gasteiger partial charge is 0.243 e. The minimum absolute atomic E-state index is 0.0840. The molecule has 0 atom stereocenters. The van der Waals surface area contributed by atoms with Crippen molar-refractivity contribution in [2.24, 2.45) is 0 Å². The number of ether oxygens (including phenoxy) is 1. The number of rotatable bonds is 11. The van der Waals surface area contributed by atoms with Crippen molar-refractivity contribution < 1.29 is 26.8 Å². The molecule has 9 heteroatoms. The number of sulfonamides is 1. The third kappa shape index (κ3) is 6.43. The molecule has 0 unspecified atom stereocenters. The fourth-order valence-corrected chi connectivity index (χ4v) is 4.80. The zero-order valence-electron chi connectivity index (χ0n) is 18.6. The van der Waals surface area contributed by atoms with Crippen LogP contribution >= 0.6 is 0 Å². The Bertz CT molecular complexity index is 1130. The minimum Gasteiger partial charge on any atom is -0.497 e. The molecule has 176 valence electrons. The summed E-state index contributed by atoms with van der Waals surface area (Å²) in [5, 5.41) is 0. The van der Waals surface area contributed by atoms with Crippen molar-refractivity contribution in [1.29, 1.82) is 0 Å². The van der Waals surface area contributed by atoms with Crippen molar-refractivity contribution in [2.45, 2.75) is 31.3 Å². The van der Waals surface area contributed by atoms with Gasteiger partial charge in [0.1, 0.15) is 17.3 Å². The predicted molar refractivity (Wildman–Crippen MR) is 121 cm³/mol. The number of hydrogen-bond acceptors (Lipinski definition) is 5. The number of benzene rings is 2. The average Bonchev–Trinajstić information content (AvgIpc) is 3.33. The van der Waals surface area contributed by atoms with E-state index in [1.54, 1.807) is 36.4 Å². The summed E-state index contributed by atoms with van der Waals surface area (Å²) < 4.78 is 51.5. The second-order valence-corrected chi connectivity index (χ2v) is 9.41. The molecule has 2 aromatic carbocycles. The van der Waals surface area contributed by atoms with Crippen molar-refractivity contribution in [3.63, 3.8) is 0 Å². The first kappa shape index (κ1) is 24.5. The molecule has 0 aliphatic carbocycles. The highest BCUT2D eigenvalue weighted by Gasteiger charge is 2.28. The van der Waals surface area contributed by atoms with Crippen LogP contribution in [0.5, 0.6) is 5.75 Å². The lowest BCUT2D eigenvalue weighted by Crippen LogP contribution is -2.42. The van der Waals surface area contributed by atoms with Crippen LogP contribution in [0.25, 0.3) is 0 Å². The molecular formula is C24H27FN2O5S. The molecule has 1 heterocycles. The highest BCUT2D eigenvalue weighted by molar-refractivity contribution is 7.89. The van der Waals surface area contributed by atoms with Crippen LogP contribution in [0.1, 0.15) is 24.7 Å². The Morgan fingerprint density at radius 1 is 1.03 bits per heavy atom. The van der Waals surface area contributed by atoms with E-state index in [-0.39, 0.29) is 42.8 Å². The van der Waals surface area contributed by atoms with Crippen LogP contribution in [0.3, 0.4) is 0 Å². The molecule has 0 spiro atoms. The van der Waals surface area contributed by atoms with Crippen molar-refractivity contribution in [1.82, 2.24) is 9.21 Å². The highest BCUT2D eigenvalue weighted by atomic mass is 32.2. The first-order valence-electron chi connectivity index (χ1n) is 10.5. The van der Waals surface area contributed by atoms with Gasteiger partial charge in [0.05, 0.1) is 31.4 Å². The fourth-order valence-electron chi connectivity index (χ4n) is 3.31. The molecule has 0 saturated carbocycles. The van der Waals surface area contributed by atoms with Crippen LogP contribution in [-0.4, -0.2) is 43.7 Å². The van der Waals surface area contributed by atoms with E-state index >= 15 is 0 Å². The van der Waals surface area contributed by atoms with E-state index in [4.69, 9.17) is 9.15 Å². The Morgan fingerprint density at radius 2 is 1.73 bits per heavy atom. The van der Waals surface area contributed by atoms with Gasteiger partial charge in [-0.25, -0.2) is 12.8 Å². The standard InChI is InChI=1S/C24H27FN2O5S/c1-3-14-27(33(29,30)23-12-10-21(31-2)11-13-23)18-24(28)26(17-22-5-4-15-32-22)16-19-6-8-20(25)9-7-19/h4-13,15H,3,14,16-18H2,1-2H3. The lowest BCUT2D eigenvalue weighted by atomic mass is 10.2. The molecule has 7 nitrogen and oxygen atoms in total. The van der Waals surface area contributed by atoms with Gasteiger partial charge in [0.15, 0.2) is 0 Å². The average molecular weight is 475 g/mol. The van der Waals surface area contributed by atoms with Gasteiger partial charge >= 0.3 is 0 Å². The predicted octanol–water partition coefficient (Wildman–Crippen LogP) is 4.06. The number of methoxy groups -OCH3 is 1. The van der Waals surface area contributed by atoms with Crippen LogP contribution in [0.15, 0.2) is 76.2 Å². The summed E-state index contributed by atoms with van der Waals surface area (Å²) in [6.45, 7) is 2.05. The number of hydrogen-bond donors (Lipinski definition) is 0. The minimum atomic E-state index is -3.90. The van der Waals surface area contributed by atoms with Crippen molar-refractivity contribution in [3.8, 4) is 5.75 Å². The van der Waals surface area contributed by atoms with Gasteiger partial charge in [0.2, 0.25) is 15.9 Å². The van der Waals surface area contributed by atoms with Crippen LogP contribution in [-0.2, 0) is 27.9 Å². The molecule has 0 aliphatic rings. The van der Waals surface area contributed by atoms with Gasteiger partial charge in [-0.3, -0.25) is 4.79 Å². The van der Waals surface area contributed by atoms with Crippen LogP contribution in [0.4, 0.5) is 4.39 Å². The van der Waals surface area contributed by atoms with Gasteiger partial charge in [0.25, 0.3) is 0 Å². The number of carbonyl (C=O) groups is 1. The number of amides is 1. The molecule has 1 aromatic heterocycles. The van der Waals surface area contributed by atoms with Crippen LogP contribution in [0, 0.1) is 5.82 Å². The zero-order valence-corrected chi connectivity index (χ0v) is 19.4. The largest absolute Gasteiger partial charge is 0.497 e. The molecule has 0 aliphatic heterocycles. The Labute approximate surface area is 193 Å². The molecule has 0 fully saturated rings. The van der Waals surface area contributed by atoms with Gasteiger partial charge < -0.3 is 14.1 Å². The third-order valence-corrected chi connectivity index (χ3v) is 6.91. The molecule has 3 rings (SSSR count). The number of furan rings is 1. The molecule has 0 N–H and O–H groups in total. The maximum Gasteiger partial charge on any atom is 0.243 e. The summed E-state index contributed by atoms with van der Waals surface area (Å²) in [6.07, 6.45) is 2.05. The molecule has 0 bridgehead atoms. The molecule has 33 heavy (non-hydrogen) atoms. The van der Waals surface area contributed by atoms with E-state index in [9.17, 15) is 17.6 Å². The zero-order chi connectivity index (χ0) is 23.8. The van der Waals surface area contributed by atoms with E-state index in [2.05, 4.69) is 0 Å². The second-order valence-electron chi connectivity index (χ2n) is 7.47. The van der Waals surface area contributed by atoms with E-state index in [1.165, 1.54) is 46.8 Å². The molecule has 0 radical (unpaired) electrons. The normalized spacial score (nSPS) is 11.5. The third-order valence-electron chi connectivity index (χ3n) is 5.05. The van der Waals surface area contributed by atoms with Gasteiger partial charge in [-0.2, -0.15) is 4.31 Å². The quantitative estimate of drug-likeness (QED) is 0.419. The van der Waals surface area contributed by atoms with Crippen molar-refractivity contribution in [2.75, 3.05) is 20.2 Å². The van der Waals surface area contributed by atoms with Gasteiger partial charge in [0, 0.05) is 13.1 Å². The first-order valence-corrected chi connectivity index (χ1v) is 12.0. The monoisotopic (exact) mass is 474 g/mol. The summed E-state index contributed by atoms with van der Waals surface area (Å²) in [5.74, 6) is 0.338. The second kappa shape index (κ2) is 11.1. The Morgan fingerprint density at radius 3 is 2.30 bits per heavy atom. The summed E-state index contributed by atoms with van der Waals surface area (Å²) in [7, 11) is -2.40. The Hall–Kier alpha value is -3.17. The van der Waals surface area contributed by atoms with Gasteiger partial charge in [-0.05, 0) is 60.5 Å². The maximum absolute atomic E-state index is 13.3. The lowest BCUT2D eigenvalue weighted by molar-refractivity contribution is -0.133. The van der Waals surface area contributed by atoms with Crippen LogP contribution < -0.4 is 4.74 Å². The van der Waals surface area contributed by atoms with Gasteiger partial charge in [-0.1, -0.05) is 19.1 Å². The molecule has 1 amide bonds. The maximum atomic E-state index is 13.3. The summed E-state index contributed by atoms with van der Waals surface area (Å²) in [5.41, 5.74) is 0.719. The van der Waals surface area contributed by atoms with Crippen molar-refractivity contribution in [3.05, 3.63) is 84.1 Å². The first-order chi connectivity index (χ1) is 15.8. The summed E-state index contributed by atoms with van der Waals surface area (Å²) in [6, 6.07) is 15.3. The Kier molecular flexibility index (Phi) is 8.24. The number of carbonyl (C=O) groups excluding carboxylic acids is 1. The van der Waals surface area contributed by atoms with Gasteiger partial charge in [-0.15, -0.1) is 0 Å². The SMILES string of the molecule is CCCN(CC(=O)N(Cc1ccc(F)cc1)Cc1ccco1)S(=O)(=O)c1ccc(OC)cc1. The Balaban J connectivity index is 1.83. The van der Waals surface area contributed by atoms with E-state index in [1.807, 2.05) is 6.92 Å². The molecule has 3 aromatic rings. The summed E-state index contributed by atoms with van der Waals surface area (Å²) >= 11 is 0. The summed E-state index contributed by atoms with van der Waals surface area (Å²) in [4.78, 5) is 14.9. The van der Waals surface area contributed by atoms with Crippen molar-refractivity contribution >= 4 is 15.9 Å². The van der Waals surface area contributed by atoms with Crippen LogP contribution in [0.2, 0.25) is 0 Å². The van der Waals surface area contributed by atoms with E-state index in [0.717, 1.165) is 5.56 Å². The lowest BCUT2D eigenvalue weighted by Gasteiger charge is -2.27. The molecule has 0 saturated heterocycles. The van der Waals surface area contributed by atoms with E-state index in [0.29, 0.717) is 17.9 Å². The number of nitrogens with zero attached hydrogens (tertiary/aromatic N) is 2.